The number of benzene rings is 1. The van der Waals surface area contributed by atoms with Crippen molar-refractivity contribution in [3.05, 3.63) is 40.6 Å². The molecule has 8 heteroatoms. The van der Waals surface area contributed by atoms with E-state index in [0.717, 1.165) is 52.8 Å². The normalized spacial score (nSPS) is 14.8. The summed E-state index contributed by atoms with van der Waals surface area (Å²) in [5.74, 6) is -0.715. The van der Waals surface area contributed by atoms with Gasteiger partial charge < -0.3 is 19.3 Å². The molecule has 0 amide bonds. The number of nitrogens with zero attached hydrogens (tertiary/aromatic N) is 4. The molecule has 4 rings (SSSR count). The molecule has 1 N–H and O–H groups in total. The molecule has 0 radical (unpaired) electrons. The van der Waals surface area contributed by atoms with Crippen molar-refractivity contribution < 1.29 is 19.0 Å². The van der Waals surface area contributed by atoms with E-state index in [2.05, 4.69) is 18.9 Å². The standard InChI is InChI=1S/C26H35FN4O3/c1-5-21-23-20(28-30(21)4)16-29(3)13-7-8-14-31-24-18(11-12-19(27)22(23)24)17(10-9-15-32)25(31)26(33)34-6-2/h11-12,32H,5-10,13-16H2,1-4H3. The Hall–Kier alpha value is -2.71. The van der Waals surface area contributed by atoms with Crippen molar-refractivity contribution in [1.29, 1.82) is 0 Å². The predicted octanol–water partition coefficient (Wildman–Crippen LogP) is 4.07. The van der Waals surface area contributed by atoms with Crippen molar-refractivity contribution in [2.24, 2.45) is 7.05 Å². The maximum atomic E-state index is 15.8. The van der Waals surface area contributed by atoms with E-state index >= 15 is 4.39 Å². The van der Waals surface area contributed by atoms with E-state index < -0.39 is 5.97 Å². The number of ether oxygens (including phenoxy) is 1. The smallest absolute Gasteiger partial charge is 0.355 e. The highest BCUT2D eigenvalue weighted by Gasteiger charge is 2.30. The van der Waals surface area contributed by atoms with Crippen LogP contribution in [0.5, 0.6) is 0 Å². The molecule has 1 aromatic carbocycles. The zero-order chi connectivity index (χ0) is 24.4. The van der Waals surface area contributed by atoms with Crippen LogP contribution in [0.1, 0.15) is 60.5 Å². The van der Waals surface area contributed by atoms with Crippen LogP contribution in [0, 0.1) is 5.82 Å². The Labute approximate surface area is 200 Å². The summed E-state index contributed by atoms with van der Waals surface area (Å²) in [6.45, 7) is 6.22. The third-order valence-corrected chi connectivity index (χ3v) is 6.75. The van der Waals surface area contributed by atoms with Gasteiger partial charge in [-0.2, -0.15) is 5.10 Å². The van der Waals surface area contributed by atoms with Gasteiger partial charge in [0.15, 0.2) is 0 Å². The Morgan fingerprint density at radius 3 is 2.65 bits per heavy atom. The summed E-state index contributed by atoms with van der Waals surface area (Å²) in [6, 6.07) is 3.27. The molecule has 34 heavy (non-hydrogen) atoms. The van der Waals surface area contributed by atoms with Crippen molar-refractivity contribution >= 4 is 16.9 Å². The van der Waals surface area contributed by atoms with Gasteiger partial charge in [-0.25, -0.2) is 9.18 Å². The van der Waals surface area contributed by atoms with Gasteiger partial charge in [-0.3, -0.25) is 4.68 Å². The molecule has 0 spiro atoms. The topological polar surface area (TPSA) is 72.5 Å². The number of rotatable bonds is 6. The van der Waals surface area contributed by atoms with E-state index in [0.29, 0.717) is 43.6 Å². The van der Waals surface area contributed by atoms with Gasteiger partial charge in [0, 0.05) is 49.0 Å². The Balaban J connectivity index is 2.13. The van der Waals surface area contributed by atoms with Crippen LogP contribution >= 0.6 is 0 Å². The van der Waals surface area contributed by atoms with Gasteiger partial charge in [0.05, 0.1) is 17.8 Å². The van der Waals surface area contributed by atoms with Gasteiger partial charge in [0.25, 0.3) is 0 Å². The van der Waals surface area contributed by atoms with E-state index in [1.54, 1.807) is 13.0 Å². The SMILES string of the molecule is CCOC(=O)c1c(CCCO)c2ccc(F)c3c2n1CCCCN(C)Cc1nn(C)c(CC)c1-3. The van der Waals surface area contributed by atoms with Crippen LogP contribution in [0.15, 0.2) is 12.1 Å². The lowest BCUT2D eigenvalue weighted by molar-refractivity contribution is 0.0512. The molecular formula is C26H35FN4O3. The zero-order valence-corrected chi connectivity index (χ0v) is 20.7. The Bertz CT molecular complexity index is 1200. The molecule has 0 aliphatic carbocycles. The second kappa shape index (κ2) is 10.3. The fourth-order valence-electron chi connectivity index (χ4n) is 5.31. The van der Waals surface area contributed by atoms with Crippen molar-refractivity contribution in [3.8, 4) is 11.1 Å². The highest BCUT2D eigenvalue weighted by molar-refractivity contribution is 6.05. The summed E-state index contributed by atoms with van der Waals surface area (Å²) in [4.78, 5) is 15.4. The van der Waals surface area contributed by atoms with Crippen LogP contribution in [0.2, 0.25) is 0 Å². The first kappa shape index (κ1) is 24.4. The first-order chi connectivity index (χ1) is 16.4. The molecule has 3 aromatic rings. The second-order valence-electron chi connectivity index (χ2n) is 9.04. The van der Waals surface area contributed by atoms with Crippen molar-refractivity contribution in [2.75, 3.05) is 26.8 Å². The number of esters is 1. The van der Waals surface area contributed by atoms with Crippen LogP contribution in [-0.4, -0.2) is 57.1 Å². The number of aromatic nitrogens is 3. The van der Waals surface area contributed by atoms with Gasteiger partial charge in [-0.1, -0.05) is 6.92 Å². The quantitative estimate of drug-likeness (QED) is 0.550. The molecule has 0 saturated carbocycles. The number of carbonyl (C=O) groups excluding carboxylic acids is 1. The average Bonchev–Trinajstić information content (AvgIpc) is 3.27. The predicted molar refractivity (Wildman–Crippen MR) is 130 cm³/mol. The number of carbonyl (C=O) groups is 1. The fourth-order valence-corrected chi connectivity index (χ4v) is 5.31. The van der Waals surface area contributed by atoms with Crippen molar-refractivity contribution in [3.63, 3.8) is 0 Å². The summed E-state index contributed by atoms with van der Waals surface area (Å²) in [6.07, 6.45) is 3.53. The molecule has 7 nitrogen and oxygen atoms in total. The van der Waals surface area contributed by atoms with E-state index in [1.165, 1.54) is 6.07 Å². The highest BCUT2D eigenvalue weighted by Crippen LogP contribution is 2.41. The molecule has 2 aromatic heterocycles. The lowest BCUT2D eigenvalue weighted by Gasteiger charge is -2.16. The monoisotopic (exact) mass is 470 g/mol. The van der Waals surface area contributed by atoms with Crippen LogP contribution in [0.25, 0.3) is 22.0 Å². The molecule has 184 valence electrons. The molecular weight excluding hydrogens is 435 g/mol. The van der Waals surface area contributed by atoms with Gasteiger partial charge in [0.2, 0.25) is 0 Å². The molecule has 1 aliphatic heterocycles. The van der Waals surface area contributed by atoms with Crippen molar-refractivity contribution in [2.45, 2.75) is 59.0 Å². The van der Waals surface area contributed by atoms with Gasteiger partial charge in [0.1, 0.15) is 11.5 Å². The summed E-state index contributed by atoms with van der Waals surface area (Å²) >= 11 is 0. The van der Waals surface area contributed by atoms with E-state index in [-0.39, 0.29) is 19.0 Å². The lowest BCUT2D eigenvalue weighted by Crippen LogP contribution is -2.20. The van der Waals surface area contributed by atoms with Crippen LogP contribution < -0.4 is 0 Å². The number of aliphatic hydroxyl groups is 1. The Morgan fingerprint density at radius 2 is 1.94 bits per heavy atom. The minimum atomic E-state index is -0.396. The number of aliphatic hydroxyl groups excluding tert-OH is 1. The van der Waals surface area contributed by atoms with E-state index in [1.807, 2.05) is 16.3 Å². The maximum Gasteiger partial charge on any atom is 0.355 e. The Morgan fingerprint density at radius 1 is 1.18 bits per heavy atom. The summed E-state index contributed by atoms with van der Waals surface area (Å²) < 4.78 is 25.1. The summed E-state index contributed by atoms with van der Waals surface area (Å²) in [5, 5.41) is 15.2. The van der Waals surface area contributed by atoms with Gasteiger partial charge >= 0.3 is 5.97 Å². The van der Waals surface area contributed by atoms with Gasteiger partial charge in [-0.15, -0.1) is 0 Å². The van der Waals surface area contributed by atoms with Gasteiger partial charge in [-0.05, 0) is 70.3 Å². The van der Waals surface area contributed by atoms with Crippen LogP contribution in [0.3, 0.4) is 0 Å². The number of hydrogen-bond acceptors (Lipinski definition) is 5. The second-order valence-corrected chi connectivity index (χ2v) is 9.04. The summed E-state index contributed by atoms with van der Waals surface area (Å²) in [7, 11) is 3.97. The minimum Gasteiger partial charge on any atom is -0.461 e. The number of fused-ring (bicyclic) bond motifs is 2. The highest BCUT2D eigenvalue weighted by atomic mass is 19.1. The van der Waals surface area contributed by atoms with E-state index in [9.17, 15) is 9.90 Å². The third-order valence-electron chi connectivity index (χ3n) is 6.75. The van der Waals surface area contributed by atoms with E-state index in [4.69, 9.17) is 9.84 Å². The molecule has 0 fully saturated rings. The molecule has 3 heterocycles. The first-order valence-electron chi connectivity index (χ1n) is 12.3. The van der Waals surface area contributed by atoms with Crippen LogP contribution in [0.4, 0.5) is 4.39 Å². The summed E-state index contributed by atoms with van der Waals surface area (Å²) in [5.41, 5.74) is 5.17. The third kappa shape index (κ3) is 4.25. The average molecular weight is 471 g/mol. The molecule has 0 bridgehead atoms. The first-order valence-corrected chi connectivity index (χ1v) is 12.3. The van der Waals surface area contributed by atoms with Crippen LogP contribution in [-0.2, 0) is 37.7 Å². The molecule has 0 saturated heterocycles. The minimum absolute atomic E-state index is 0.0159. The lowest BCUT2D eigenvalue weighted by atomic mass is 9.96. The number of aryl methyl sites for hydroxylation is 3. The van der Waals surface area contributed by atoms with Crippen molar-refractivity contribution in [1.82, 2.24) is 19.2 Å². The molecule has 0 atom stereocenters. The number of halogens is 1. The molecule has 0 unspecified atom stereocenters. The number of hydrogen-bond donors (Lipinski definition) is 1. The Kier molecular flexibility index (Phi) is 7.38. The maximum absolute atomic E-state index is 15.8. The zero-order valence-electron chi connectivity index (χ0n) is 20.7. The largest absolute Gasteiger partial charge is 0.461 e. The fraction of sp³-hybridized carbons (Fsp3) is 0.538. The molecule has 1 aliphatic rings.